The molecule has 0 atom stereocenters. The third-order valence-corrected chi connectivity index (χ3v) is 8.87. The molecule has 51 heavy (non-hydrogen) atoms. The van der Waals surface area contributed by atoms with Gasteiger partial charge in [-0.2, -0.15) is 0 Å². The molecule has 0 amide bonds. The summed E-state index contributed by atoms with van der Waals surface area (Å²) in [7, 11) is 2.85. The lowest BCUT2D eigenvalue weighted by Crippen LogP contribution is -2.36. The van der Waals surface area contributed by atoms with Crippen molar-refractivity contribution in [2.45, 2.75) is 0 Å². The number of morpholine rings is 2. The van der Waals surface area contributed by atoms with Gasteiger partial charge in [0.1, 0.15) is 11.6 Å². The minimum atomic E-state index is -0.373. The topological polar surface area (TPSA) is 112 Å². The Kier molecular flexibility index (Phi) is 10.2. The molecule has 8 rings (SSSR count). The molecule has 11 nitrogen and oxygen atoms in total. The van der Waals surface area contributed by atoms with Gasteiger partial charge in [-0.3, -0.25) is 9.97 Å². The summed E-state index contributed by atoms with van der Waals surface area (Å²) in [6, 6.07) is 23.9. The average molecular weight is 689 g/mol. The number of halogens is 1. The molecule has 2 aliphatic heterocycles. The first-order chi connectivity index (χ1) is 25.0. The molecule has 0 spiro atoms. The third kappa shape index (κ3) is 7.42. The molecule has 2 saturated heterocycles. The Morgan fingerprint density at radius 3 is 1.75 bits per heavy atom. The predicted molar refractivity (Wildman–Crippen MR) is 194 cm³/mol. The van der Waals surface area contributed by atoms with Crippen LogP contribution in [0.15, 0.2) is 91.3 Å². The SMILES string of the molecule is COC(=O)c1ccccc1-c1ccc2ncc(N3CCOCC3)nc2c1.COc1cccc(-c2ccc3ncc(N4CCOCC4)nc3c2)c1F. The minimum Gasteiger partial charge on any atom is -0.494 e. The number of aromatic nitrogens is 4. The van der Waals surface area contributed by atoms with Gasteiger partial charge in [0.15, 0.2) is 11.6 Å². The van der Waals surface area contributed by atoms with Gasteiger partial charge in [-0.25, -0.2) is 19.2 Å². The Labute approximate surface area is 294 Å². The maximum absolute atomic E-state index is 14.5. The van der Waals surface area contributed by atoms with Crippen LogP contribution >= 0.6 is 0 Å². The van der Waals surface area contributed by atoms with E-state index in [2.05, 4.69) is 19.8 Å². The first-order valence-corrected chi connectivity index (χ1v) is 16.7. The van der Waals surface area contributed by atoms with Crippen LogP contribution in [-0.2, 0) is 14.2 Å². The Morgan fingerprint density at radius 2 is 1.20 bits per heavy atom. The molecule has 0 radical (unpaired) electrons. The summed E-state index contributed by atoms with van der Waals surface area (Å²) < 4.78 is 35.3. The first-order valence-electron chi connectivity index (χ1n) is 16.7. The molecular weight excluding hydrogens is 651 g/mol. The molecule has 0 N–H and O–H groups in total. The number of carbonyl (C=O) groups is 1. The molecule has 2 fully saturated rings. The van der Waals surface area contributed by atoms with Crippen molar-refractivity contribution in [3.8, 4) is 28.0 Å². The van der Waals surface area contributed by atoms with E-state index in [1.54, 1.807) is 36.7 Å². The van der Waals surface area contributed by atoms with Gasteiger partial charge in [-0.1, -0.05) is 42.5 Å². The summed E-state index contributed by atoms with van der Waals surface area (Å²) in [4.78, 5) is 34.9. The highest BCUT2D eigenvalue weighted by Crippen LogP contribution is 2.31. The number of rotatable bonds is 6. The summed E-state index contributed by atoms with van der Waals surface area (Å²) in [5.74, 6) is 1.17. The quantitative estimate of drug-likeness (QED) is 0.187. The van der Waals surface area contributed by atoms with E-state index >= 15 is 0 Å². The standard InChI is InChI=1S/C20H19N3O3.C19H18FN3O2/c1-25-20(24)16-5-3-2-4-15(16)14-6-7-17-18(12-14)22-19(13-21-17)23-8-10-26-11-9-23;1-24-17-4-2-3-14(19(17)20)13-5-6-15-16(11-13)22-18(12-21-15)23-7-9-25-10-8-23/h2-7,12-13H,8-11H2,1H3;2-6,11-12H,7-10H2,1H3. The van der Waals surface area contributed by atoms with E-state index in [9.17, 15) is 9.18 Å². The second-order valence-electron chi connectivity index (χ2n) is 11.9. The lowest BCUT2D eigenvalue weighted by molar-refractivity contribution is 0.0601. The number of carbonyl (C=O) groups excluding carboxylic acids is 1. The number of anilines is 2. The molecule has 0 aliphatic carbocycles. The van der Waals surface area contributed by atoms with Crippen molar-refractivity contribution in [3.63, 3.8) is 0 Å². The van der Waals surface area contributed by atoms with Gasteiger partial charge in [-0.15, -0.1) is 0 Å². The fraction of sp³-hybridized carbons (Fsp3) is 0.256. The average Bonchev–Trinajstić information content (AvgIpc) is 3.20. The van der Waals surface area contributed by atoms with E-state index < -0.39 is 0 Å². The van der Waals surface area contributed by atoms with Crippen LogP contribution in [0.25, 0.3) is 44.3 Å². The van der Waals surface area contributed by atoms with Crippen LogP contribution in [0.5, 0.6) is 5.75 Å². The van der Waals surface area contributed by atoms with E-state index in [-0.39, 0.29) is 17.5 Å². The molecular formula is C39H37FN6O5. The molecule has 12 heteroatoms. The molecule has 2 aromatic heterocycles. The van der Waals surface area contributed by atoms with Gasteiger partial charge in [0, 0.05) is 31.7 Å². The third-order valence-electron chi connectivity index (χ3n) is 8.87. The van der Waals surface area contributed by atoms with E-state index in [4.69, 9.17) is 28.9 Å². The molecule has 260 valence electrons. The number of methoxy groups -OCH3 is 2. The number of fused-ring (bicyclic) bond motifs is 2. The fourth-order valence-corrected chi connectivity index (χ4v) is 6.14. The summed E-state index contributed by atoms with van der Waals surface area (Å²) in [5.41, 5.74) is 6.63. The van der Waals surface area contributed by atoms with Crippen LogP contribution in [0.4, 0.5) is 16.0 Å². The van der Waals surface area contributed by atoms with E-state index in [0.29, 0.717) is 37.6 Å². The number of hydrogen-bond acceptors (Lipinski definition) is 11. The second-order valence-corrected chi connectivity index (χ2v) is 11.9. The number of benzene rings is 4. The molecule has 6 aromatic rings. The monoisotopic (exact) mass is 688 g/mol. The summed E-state index contributed by atoms with van der Waals surface area (Å²) in [6.07, 6.45) is 3.58. The molecule has 0 bridgehead atoms. The van der Waals surface area contributed by atoms with Crippen molar-refractivity contribution in [2.24, 2.45) is 0 Å². The maximum Gasteiger partial charge on any atom is 0.338 e. The van der Waals surface area contributed by atoms with Gasteiger partial charge in [-0.05, 0) is 53.1 Å². The van der Waals surface area contributed by atoms with E-state index in [1.807, 2.05) is 54.6 Å². The van der Waals surface area contributed by atoms with Gasteiger partial charge in [0.05, 0.1) is 80.7 Å². The van der Waals surface area contributed by atoms with Gasteiger partial charge < -0.3 is 28.7 Å². The van der Waals surface area contributed by atoms with Crippen molar-refractivity contribution in [3.05, 3.63) is 103 Å². The number of ether oxygens (including phenoxy) is 4. The van der Waals surface area contributed by atoms with Crippen LogP contribution in [0.1, 0.15) is 10.4 Å². The van der Waals surface area contributed by atoms with Crippen LogP contribution in [0, 0.1) is 5.82 Å². The zero-order chi connectivity index (χ0) is 35.2. The highest BCUT2D eigenvalue weighted by atomic mass is 19.1. The van der Waals surface area contributed by atoms with Crippen molar-refractivity contribution in [1.29, 1.82) is 0 Å². The maximum atomic E-state index is 14.5. The molecule has 4 heterocycles. The number of esters is 1. The molecule has 4 aromatic carbocycles. The summed E-state index contributed by atoms with van der Waals surface area (Å²) in [5, 5.41) is 0. The zero-order valence-corrected chi connectivity index (χ0v) is 28.4. The summed E-state index contributed by atoms with van der Waals surface area (Å²) in [6.45, 7) is 5.99. The van der Waals surface area contributed by atoms with Crippen LogP contribution < -0.4 is 14.5 Å². The molecule has 2 aliphatic rings. The zero-order valence-electron chi connectivity index (χ0n) is 28.4. The molecule has 0 saturated carbocycles. The van der Waals surface area contributed by atoms with Crippen molar-refractivity contribution in [1.82, 2.24) is 19.9 Å². The van der Waals surface area contributed by atoms with Crippen molar-refractivity contribution in [2.75, 3.05) is 76.6 Å². The number of hydrogen-bond donors (Lipinski definition) is 0. The lowest BCUT2D eigenvalue weighted by atomic mass is 9.99. The fourth-order valence-electron chi connectivity index (χ4n) is 6.14. The predicted octanol–water partition coefficient (Wildman–Crippen LogP) is 6.20. The van der Waals surface area contributed by atoms with E-state index in [1.165, 1.54) is 14.2 Å². The second kappa shape index (κ2) is 15.4. The smallest absolute Gasteiger partial charge is 0.338 e. The summed E-state index contributed by atoms with van der Waals surface area (Å²) >= 11 is 0. The van der Waals surface area contributed by atoms with Crippen LogP contribution in [-0.4, -0.2) is 92.7 Å². The van der Waals surface area contributed by atoms with Gasteiger partial charge in [0.2, 0.25) is 0 Å². The van der Waals surface area contributed by atoms with Crippen LogP contribution in [0.2, 0.25) is 0 Å². The van der Waals surface area contributed by atoms with Crippen LogP contribution in [0.3, 0.4) is 0 Å². The lowest BCUT2D eigenvalue weighted by Gasteiger charge is -2.27. The van der Waals surface area contributed by atoms with E-state index in [0.717, 1.165) is 76.6 Å². The van der Waals surface area contributed by atoms with Gasteiger partial charge in [0.25, 0.3) is 0 Å². The normalized spacial score (nSPS) is 14.6. The van der Waals surface area contributed by atoms with Crippen molar-refractivity contribution < 1.29 is 28.1 Å². The number of nitrogens with zero attached hydrogens (tertiary/aromatic N) is 6. The Balaban J connectivity index is 0.000000159. The molecule has 0 unspecified atom stereocenters. The minimum absolute atomic E-state index is 0.228. The Hall–Kier alpha value is -5.72. The first kappa shape index (κ1) is 33.8. The van der Waals surface area contributed by atoms with Gasteiger partial charge >= 0.3 is 5.97 Å². The Morgan fingerprint density at radius 1 is 0.667 bits per heavy atom. The largest absolute Gasteiger partial charge is 0.494 e. The Bertz CT molecular complexity index is 2170. The highest BCUT2D eigenvalue weighted by molar-refractivity contribution is 5.98. The highest BCUT2D eigenvalue weighted by Gasteiger charge is 2.17. The van der Waals surface area contributed by atoms with Crippen molar-refractivity contribution >= 4 is 39.7 Å².